The average Bonchev–Trinajstić information content (AvgIpc) is 3.30. The van der Waals surface area contributed by atoms with E-state index in [2.05, 4.69) is 241 Å². The summed E-state index contributed by atoms with van der Waals surface area (Å²) in [7, 11) is 0. The fraction of sp³-hybridized carbons (Fsp3) is 0. The van der Waals surface area contributed by atoms with Crippen molar-refractivity contribution in [2.75, 3.05) is 4.90 Å². The molecule has 268 valence electrons. The molecule has 10 aromatic rings. The van der Waals surface area contributed by atoms with Crippen LogP contribution in [0.3, 0.4) is 0 Å². The van der Waals surface area contributed by atoms with Crippen LogP contribution in [0.2, 0.25) is 0 Å². The fourth-order valence-corrected chi connectivity index (χ4v) is 8.33. The van der Waals surface area contributed by atoms with Gasteiger partial charge in [0.15, 0.2) is 0 Å². The lowest BCUT2D eigenvalue weighted by Crippen LogP contribution is -2.09. The van der Waals surface area contributed by atoms with Crippen molar-refractivity contribution in [2.45, 2.75) is 0 Å². The number of nitrogens with zero attached hydrogens (tertiary/aromatic N) is 1. The average molecular weight is 726 g/mol. The standard InChI is InChI=1S/C56H39N/c1-3-16-41(17-4-1)52-24-11-12-25-55(52)56-53(43-18-5-2-6-19-43)27-14-28-54(56)45-32-36-48(37-33-45)57(49-38-29-40-15-7-8-21-46(40)39-49)47-34-30-44(31-35-47)51-26-13-22-42-20-9-10-23-50(42)51/h1-39H. The highest BCUT2D eigenvalue weighted by molar-refractivity contribution is 6.00. The molecule has 0 saturated heterocycles. The van der Waals surface area contributed by atoms with Crippen LogP contribution in [-0.4, -0.2) is 0 Å². The Morgan fingerprint density at radius 3 is 1.32 bits per heavy atom. The van der Waals surface area contributed by atoms with Crippen molar-refractivity contribution in [3.8, 4) is 55.6 Å². The SMILES string of the molecule is c1ccc(-c2ccccc2-c2c(-c3ccccc3)cccc2-c2ccc(N(c3ccc(-c4cccc5ccccc45)cc3)c3ccc4ccccc4c3)cc2)cc1. The molecule has 0 aromatic heterocycles. The van der Waals surface area contributed by atoms with Gasteiger partial charge in [0.25, 0.3) is 0 Å². The van der Waals surface area contributed by atoms with Gasteiger partial charge >= 0.3 is 0 Å². The number of fused-ring (bicyclic) bond motifs is 2. The van der Waals surface area contributed by atoms with Gasteiger partial charge in [-0.1, -0.05) is 200 Å². The summed E-state index contributed by atoms with van der Waals surface area (Å²) in [5, 5.41) is 4.95. The van der Waals surface area contributed by atoms with E-state index in [1.165, 1.54) is 77.2 Å². The Labute approximate surface area is 334 Å². The van der Waals surface area contributed by atoms with E-state index < -0.39 is 0 Å². The van der Waals surface area contributed by atoms with Crippen molar-refractivity contribution in [3.05, 3.63) is 237 Å². The maximum absolute atomic E-state index is 2.37. The van der Waals surface area contributed by atoms with Crippen molar-refractivity contribution >= 4 is 38.6 Å². The predicted molar refractivity (Wildman–Crippen MR) is 243 cm³/mol. The molecule has 0 aliphatic heterocycles. The third-order valence-electron chi connectivity index (χ3n) is 11.1. The molecule has 0 amide bonds. The van der Waals surface area contributed by atoms with Gasteiger partial charge in [0.2, 0.25) is 0 Å². The molecular weight excluding hydrogens is 687 g/mol. The van der Waals surface area contributed by atoms with Gasteiger partial charge in [-0.3, -0.25) is 0 Å². The van der Waals surface area contributed by atoms with E-state index >= 15 is 0 Å². The summed E-state index contributed by atoms with van der Waals surface area (Å²) in [5.74, 6) is 0. The second-order valence-corrected chi connectivity index (χ2v) is 14.5. The van der Waals surface area contributed by atoms with E-state index in [0.717, 1.165) is 17.1 Å². The van der Waals surface area contributed by atoms with Gasteiger partial charge in [-0.2, -0.15) is 0 Å². The van der Waals surface area contributed by atoms with E-state index in [1.807, 2.05) is 0 Å². The monoisotopic (exact) mass is 725 g/mol. The van der Waals surface area contributed by atoms with E-state index in [0.29, 0.717) is 0 Å². The normalized spacial score (nSPS) is 11.2. The van der Waals surface area contributed by atoms with Gasteiger partial charge in [0.1, 0.15) is 0 Å². The number of benzene rings is 10. The minimum atomic E-state index is 1.09. The Hall–Kier alpha value is -7.48. The first-order chi connectivity index (χ1) is 28.3. The van der Waals surface area contributed by atoms with Gasteiger partial charge in [0, 0.05) is 17.1 Å². The quantitative estimate of drug-likeness (QED) is 0.151. The predicted octanol–water partition coefficient (Wildman–Crippen LogP) is 15.8. The van der Waals surface area contributed by atoms with E-state index in [9.17, 15) is 0 Å². The van der Waals surface area contributed by atoms with Gasteiger partial charge in [-0.05, 0) is 114 Å². The molecule has 0 radical (unpaired) electrons. The zero-order chi connectivity index (χ0) is 38.0. The summed E-state index contributed by atoms with van der Waals surface area (Å²) in [6.07, 6.45) is 0. The lowest BCUT2D eigenvalue weighted by atomic mass is 9.84. The molecule has 0 aliphatic rings. The van der Waals surface area contributed by atoms with Crippen molar-refractivity contribution in [1.29, 1.82) is 0 Å². The van der Waals surface area contributed by atoms with E-state index in [4.69, 9.17) is 0 Å². The van der Waals surface area contributed by atoms with E-state index in [1.54, 1.807) is 0 Å². The molecule has 0 unspecified atom stereocenters. The van der Waals surface area contributed by atoms with Crippen LogP contribution in [0.5, 0.6) is 0 Å². The van der Waals surface area contributed by atoms with Crippen LogP contribution in [0.4, 0.5) is 17.1 Å². The fourth-order valence-electron chi connectivity index (χ4n) is 8.33. The van der Waals surface area contributed by atoms with Crippen LogP contribution in [0.15, 0.2) is 237 Å². The van der Waals surface area contributed by atoms with Crippen molar-refractivity contribution in [3.63, 3.8) is 0 Å². The Bertz CT molecular complexity index is 2980. The second kappa shape index (κ2) is 15.0. The second-order valence-electron chi connectivity index (χ2n) is 14.5. The van der Waals surface area contributed by atoms with Crippen LogP contribution < -0.4 is 4.90 Å². The number of anilines is 3. The Morgan fingerprint density at radius 1 is 0.228 bits per heavy atom. The van der Waals surface area contributed by atoms with Crippen molar-refractivity contribution in [1.82, 2.24) is 0 Å². The van der Waals surface area contributed by atoms with Crippen LogP contribution in [0.1, 0.15) is 0 Å². The summed E-state index contributed by atoms with van der Waals surface area (Å²) in [5.41, 5.74) is 15.4. The Kier molecular flexibility index (Phi) is 8.95. The summed E-state index contributed by atoms with van der Waals surface area (Å²) in [4.78, 5) is 2.37. The molecule has 0 bridgehead atoms. The zero-order valence-electron chi connectivity index (χ0n) is 31.5. The highest BCUT2D eigenvalue weighted by Crippen LogP contribution is 2.45. The molecule has 1 nitrogen and oxygen atoms in total. The van der Waals surface area contributed by atoms with Crippen LogP contribution in [0, 0.1) is 0 Å². The topological polar surface area (TPSA) is 3.24 Å². The summed E-state index contributed by atoms with van der Waals surface area (Å²) in [6.45, 7) is 0. The van der Waals surface area contributed by atoms with Gasteiger partial charge in [-0.25, -0.2) is 0 Å². The lowest BCUT2D eigenvalue weighted by Gasteiger charge is -2.26. The first-order valence-corrected chi connectivity index (χ1v) is 19.6. The molecule has 0 atom stereocenters. The molecule has 0 N–H and O–H groups in total. The molecule has 0 saturated carbocycles. The third-order valence-corrected chi connectivity index (χ3v) is 11.1. The summed E-state index contributed by atoms with van der Waals surface area (Å²) >= 11 is 0. The van der Waals surface area contributed by atoms with Gasteiger partial charge in [0.05, 0.1) is 0 Å². The number of rotatable bonds is 8. The first kappa shape index (κ1) is 34.0. The molecule has 0 heterocycles. The summed E-state index contributed by atoms with van der Waals surface area (Å²) < 4.78 is 0. The molecule has 0 spiro atoms. The molecule has 1 heteroatoms. The minimum absolute atomic E-state index is 1.09. The molecule has 10 rings (SSSR count). The molecule has 57 heavy (non-hydrogen) atoms. The minimum Gasteiger partial charge on any atom is -0.310 e. The van der Waals surface area contributed by atoms with Crippen molar-refractivity contribution < 1.29 is 0 Å². The van der Waals surface area contributed by atoms with E-state index in [-0.39, 0.29) is 0 Å². The van der Waals surface area contributed by atoms with Gasteiger partial charge < -0.3 is 4.90 Å². The van der Waals surface area contributed by atoms with Crippen LogP contribution >= 0.6 is 0 Å². The number of hydrogen-bond donors (Lipinski definition) is 0. The molecular formula is C56H39N. The molecule has 0 fully saturated rings. The highest BCUT2D eigenvalue weighted by Gasteiger charge is 2.19. The van der Waals surface area contributed by atoms with Crippen molar-refractivity contribution in [2.24, 2.45) is 0 Å². The first-order valence-electron chi connectivity index (χ1n) is 19.6. The smallest absolute Gasteiger partial charge is 0.0468 e. The summed E-state index contributed by atoms with van der Waals surface area (Å²) in [6, 6.07) is 85.6. The number of hydrogen-bond acceptors (Lipinski definition) is 1. The third kappa shape index (κ3) is 6.56. The maximum Gasteiger partial charge on any atom is 0.0468 e. The maximum atomic E-state index is 2.37. The van der Waals surface area contributed by atoms with Gasteiger partial charge in [-0.15, -0.1) is 0 Å². The molecule has 10 aromatic carbocycles. The largest absolute Gasteiger partial charge is 0.310 e. The Morgan fingerprint density at radius 2 is 0.649 bits per heavy atom. The Balaban J connectivity index is 1.10. The zero-order valence-corrected chi connectivity index (χ0v) is 31.5. The van der Waals surface area contributed by atoms with Crippen LogP contribution in [-0.2, 0) is 0 Å². The van der Waals surface area contributed by atoms with Crippen LogP contribution in [0.25, 0.3) is 77.2 Å². The highest BCUT2D eigenvalue weighted by atomic mass is 15.1. The molecule has 0 aliphatic carbocycles. The lowest BCUT2D eigenvalue weighted by molar-refractivity contribution is 1.29.